The molecule has 0 aliphatic carbocycles. The lowest BCUT2D eigenvalue weighted by atomic mass is 10.2. The molecule has 0 saturated carbocycles. The zero-order chi connectivity index (χ0) is 28.0. The smallest absolute Gasteiger partial charge is 0.190 e. The Kier molecular flexibility index (Phi) is 10.1. The molecule has 2 aromatic carbocycles. The molecule has 0 aliphatic rings. The molecule has 0 amide bonds. The first kappa shape index (κ1) is 29.4. The van der Waals surface area contributed by atoms with Gasteiger partial charge < -0.3 is 0 Å². The first-order valence-electron chi connectivity index (χ1n) is 9.71. The second kappa shape index (κ2) is 13.1. The van der Waals surface area contributed by atoms with Crippen LogP contribution >= 0.6 is 45.2 Å². The normalized spacial score (nSPS) is 11.2. The Morgan fingerprint density at radius 3 is 0.947 bits per heavy atom. The number of pyridine rings is 2. The van der Waals surface area contributed by atoms with Gasteiger partial charge in [-0.2, -0.15) is 10.2 Å². The van der Waals surface area contributed by atoms with Gasteiger partial charge in [-0.3, -0.25) is 9.97 Å². The molecule has 0 spiro atoms. The third-order valence-electron chi connectivity index (χ3n) is 4.23. The molecule has 4 rings (SSSR count). The zero-order valence-corrected chi connectivity index (χ0v) is 22.4. The Bertz CT molecular complexity index is 1350. The van der Waals surface area contributed by atoms with Crippen molar-refractivity contribution in [3.8, 4) is 0 Å². The third kappa shape index (κ3) is 6.63. The molecule has 0 N–H and O–H groups in total. The highest BCUT2D eigenvalue weighted by Crippen LogP contribution is 2.35. The molecule has 0 radical (unpaired) electrons. The van der Waals surface area contributed by atoms with Crippen molar-refractivity contribution in [3.63, 3.8) is 0 Å². The number of azo groups is 2. The van der Waals surface area contributed by atoms with Crippen LogP contribution in [0.15, 0.2) is 69.5 Å². The van der Waals surface area contributed by atoms with E-state index in [0.29, 0.717) is 0 Å². The number of rotatable bonds is 4. The minimum atomic E-state index is -1.99. The van der Waals surface area contributed by atoms with Gasteiger partial charge >= 0.3 is 0 Å². The van der Waals surface area contributed by atoms with Crippen molar-refractivity contribution in [3.05, 3.63) is 103 Å². The molecule has 0 saturated heterocycles. The summed E-state index contributed by atoms with van der Waals surface area (Å²) in [4.78, 5) is 7.78. The summed E-state index contributed by atoms with van der Waals surface area (Å²) in [7, 11) is 0. The van der Waals surface area contributed by atoms with Gasteiger partial charge in [0.05, 0.1) is 18.5 Å². The molecular formula is C22H8F8I2N6. The van der Waals surface area contributed by atoms with Crippen molar-refractivity contribution in [2.75, 3.05) is 0 Å². The van der Waals surface area contributed by atoms with Crippen LogP contribution in [0.5, 0.6) is 0 Å². The van der Waals surface area contributed by atoms with Crippen LogP contribution in [-0.2, 0) is 0 Å². The van der Waals surface area contributed by atoms with E-state index >= 15 is 0 Å². The minimum Gasteiger partial charge on any atom is -0.265 e. The van der Waals surface area contributed by atoms with Crippen LogP contribution in [0.2, 0.25) is 0 Å². The van der Waals surface area contributed by atoms with Crippen LogP contribution < -0.4 is 0 Å². The number of aromatic nitrogens is 2. The molecule has 0 aliphatic heterocycles. The standard InChI is InChI=1S/C12F8I2N2.C10H8N4/c13-1-5(17)11(6(18)2(14)9(1)21)23-24-12-7(19)3(15)10(22)4(16)8(12)20;1-5-11-6-2-9(1)13-14-10-3-7-12-8-4-10/h;1-8H. The summed E-state index contributed by atoms with van der Waals surface area (Å²) in [5.41, 5.74) is -1.72. The van der Waals surface area contributed by atoms with Crippen molar-refractivity contribution in [2.24, 2.45) is 20.5 Å². The molecule has 4 aromatic rings. The molecule has 196 valence electrons. The lowest BCUT2D eigenvalue weighted by Crippen LogP contribution is -2.00. The van der Waals surface area contributed by atoms with Crippen LogP contribution in [-0.4, -0.2) is 9.97 Å². The first-order chi connectivity index (χ1) is 18.0. The summed E-state index contributed by atoms with van der Waals surface area (Å²) in [6.45, 7) is 0. The van der Waals surface area contributed by atoms with E-state index in [1.54, 1.807) is 49.1 Å². The van der Waals surface area contributed by atoms with Crippen molar-refractivity contribution in [1.82, 2.24) is 9.97 Å². The minimum absolute atomic E-state index is 0.789. The molecule has 2 heterocycles. The van der Waals surface area contributed by atoms with Gasteiger partial charge in [-0.25, -0.2) is 35.1 Å². The lowest BCUT2D eigenvalue weighted by molar-refractivity contribution is 0.444. The maximum absolute atomic E-state index is 13.6. The number of halogens is 10. The molecule has 0 atom stereocenters. The van der Waals surface area contributed by atoms with E-state index < -0.39 is 65.1 Å². The Labute approximate surface area is 235 Å². The monoisotopic (exact) mass is 762 g/mol. The maximum Gasteiger partial charge on any atom is 0.190 e. The van der Waals surface area contributed by atoms with E-state index in [0.717, 1.165) is 56.6 Å². The molecule has 6 nitrogen and oxygen atoms in total. The second-order valence-corrected chi connectivity index (χ2v) is 8.81. The topological polar surface area (TPSA) is 75.2 Å². The molecular weight excluding hydrogens is 754 g/mol. The van der Waals surface area contributed by atoms with Crippen molar-refractivity contribution < 1.29 is 35.1 Å². The van der Waals surface area contributed by atoms with Crippen LogP contribution in [0.3, 0.4) is 0 Å². The Morgan fingerprint density at radius 1 is 0.421 bits per heavy atom. The summed E-state index contributed by atoms with van der Waals surface area (Å²) in [6.07, 6.45) is 6.73. The van der Waals surface area contributed by atoms with Gasteiger partial charge in [0.2, 0.25) is 0 Å². The predicted octanol–water partition coefficient (Wildman–Crippen LogP) is 9.32. The average Bonchev–Trinajstić information content (AvgIpc) is 2.94. The van der Waals surface area contributed by atoms with Crippen molar-refractivity contribution in [2.45, 2.75) is 0 Å². The Hall–Kier alpha value is -3.16. The highest BCUT2D eigenvalue weighted by molar-refractivity contribution is 14.1. The van der Waals surface area contributed by atoms with Crippen molar-refractivity contribution >= 4 is 67.9 Å². The van der Waals surface area contributed by atoms with E-state index in [1.165, 1.54) is 0 Å². The Balaban J connectivity index is 0.000000241. The fourth-order valence-corrected chi connectivity index (χ4v) is 3.35. The van der Waals surface area contributed by atoms with Crippen LogP contribution in [0.25, 0.3) is 0 Å². The number of nitrogens with zero attached hydrogens (tertiary/aromatic N) is 6. The molecule has 16 heteroatoms. The van der Waals surface area contributed by atoms with Crippen LogP contribution in [0.1, 0.15) is 0 Å². The van der Waals surface area contributed by atoms with E-state index in [1.807, 2.05) is 0 Å². The van der Waals surface area contributed by atoms with Gasteiger partial charge in [-0.1, -0.05) is 0 Å². The third-order valence-corrected chi connectivity index (χ3v) is 6.12. The van der Waals surface area contributed by atoms with Crippen LogP contribution in [0.4, 0.5) is 57.9 Å². The van der Waals surface area contributed by atoms with E-state index in [-0.39, 0.29) is 0 Å². The average molecular weight is 762 g/mol. The lowest BCUT2D eigenvalue weighted by Gasteiger charge is -2.06. The SMILES string of the molecule is Fc1c(F)c(N=Nc2c(F)c(F)c(I)c(F)c2F)c(F)c(F)c1I.c1cc(N=Nc2ccncc2)ccn1. The number of hydrogen-bond donors (Lipinski definition) is 0. The highest BCUT2D eigenvalue weighted by Gasteiger charge is 2.26. The van der Waals surface area contributed by atoms with Gasteiger partial charge in [0.1, 0.15) is 0 Å². The Morgan fingerprint density at radius 2 is 0.684 bits per heavy atom. The van der Waals surface area contributed by atoms with E-state index in [9.17, 15) is 35.1 Å². The molecule has 0 unspecified atom stereocenters. The summed E-state index contributed by atoms with van der Waals surface area (Å²) in [6, 6.07) is 7.19. The summed E-state index contributed by atoms with van der Waals surface area (Å²) < 4.78 is 106. The van der Waals surface area contributed by atoms with Crippen molar-refractivity contribution in [1.29, 1.82) is 0 Å². The molecule has 2 aromatic heterocycles. The predicted molar refractivity (Wildman–Crippen MR) is 135 cm³/mol. The maximum atomic E-state index is 13.6. The van der Waals surface area contributed by atoms with E-state index in [4.69, 9.17) is 0 Å². The second-order valence-electron chi connectivity index (χ2n) is 6.65. The van der Waals surface area contributed by atoms with Gasteiger partial charge in [-0.05, 0) is 69.4 Å². The van der Waals surface area contributed by atoms with Gasteiger partial charge in [0, 0.05) is 24.8 Å². The zero-order valence-electron chi connectivity index (χ0n) is 18.1. The van der Waals surface area contributed by atoms with Crippen LogP contribution in [0, 0.1) is 53.7 Å². The fourth-order valence-electron chi connectivity index (χ4n) is 2.40. The van der Waals surface area contributed by atoms with Gasteiger partial charge in [0.25, 0.3) is 0 Å². The van der Waals surface area contributed by atoms with E-state index in [2.05, 4.69) is 30.4 Å². The largest absolute Gasteiger partial charge is 0.265 e. The summed E-state index contributed by atoms with van der Waals surface area (Å²) >= 11 is 1.95. The van der Waals surface area contributed by atoms with Gasteiger partial charge in [0.15, 0.2) is 57.9 Å². The highest BCUT2D eigenvalue weighted by atomic mass is 127. The van der Waals surface area contributed by atoms with Gasteiger partial charge in [-0.15, -0.1) is 10.2 Å². The molecule has 38 heavy (non-hydrogen) atoms. The first-order valence-corrected chi connectivity index (χ1v) is 11.9. The fraction of sp³-hybridized carbons (Fsp3) is 0. The number of hydrogen-bond acceptors (Lipinski definition) is 6. The summed E-state index contributed by atoms with van der Waals surface area (Å²) in [5.74, 6) is -15.2. The summed E-state index contributed by atoms with van der Waals surface area (Å²) in [5, 5.41) is 13.4. The number of benzene rings is 2. The quantitative estimate of drug-likeness (QED) is 0.0684. The molecule has 0 bridgehead atoms. The molecule has 0 fully saturated rings.